The summed E-state index contributed by atoms with van der Waals surface area (Å²) in [6, 6.07) is 6.51. The van der Waals surface area contributed by atoms with Gasteiger partial charge < -0.3 is 20.9 Å². The van der Waals surface area contributed by atoms with E-state index >= 15 is 0 Å². The number of para-hydroxylation sites is 1. The molecule has 1 aromatic carbocycles. The Balaban J connectivity index is 1.81. The second kappa shape index (κ2) is 7.49. The predicted octanol–water partition coefficient (Wildman–Crippen LogP) is 2.06. The van der Waals surface area contributed by atoms with Gasteiger partial charge in [0.25, 0.3) is 11.8 Å². The molecule has 4 rings (SSSR count). The molecule has 3 heterocycles. The lowest BCUT2D eigenvalue weighted by Gasteiger charge is -2.19. The second-order valence-corrected chi connectivity index (χ2v) is 8.39. The molecule has 0 bridgehead atoms. The van der Waals surface area contributed by atoms with Crippen LogP contribution < -0.4 is 15.8 Å². The summed E-state index contributed by atoms with van der Waals surface area (Å²) in [5.74, 6) is -1.24. The maximum atomic E-state index is 14.1. The van der Waals surface area contributed by atoms with Gasteiger partial charge in [0.2, 0.25) is 0 Å². The monoisotopic (exact) mass is 428 g/mol. The Hall–Kier alpha value is -3.20. The van der Waals surface area contributed by atoms with Gasteiger partial charge in [-0.25, -0.2) is 9.37 Å². The highest BCUT2D eigenvalue weighted by Crippen LogP contribution is 2.32. The second-order valence-electron chi connectivity index (χ2n) is 8.39. The van der Waals surface area contributed by atoms with E-state index in [1.54, 1.807) is 42.6 Å². The van der Waals surface area contributed by atoms with E-state index in [-0.39, 0.29) is 12.2 Å². The van der Waals surface area contributed by atoms with Crippen LogP contribution in [0.3, 0.4) is 0 Å². The van der Waals surface area contributed by atoms with Crippen LogP contribution in [0.25, 0.3) is 16.6 Å². The molecule has 9 heteroatoms. The number of pyridine rings is 1. The highest BCUT2D eigenvalue weighted by atomic mass is 19.1. The lowest BCUT2D eigenvalue weighted by atomic mass is 9.97. The Labute approximate surface area is 178 Å². The van der Waals surface area contributed by atoms with E-state index in [2.05, 4.69) is 10.3 Å². The topological polar surface area (TPSA) is 119 Å². The molecule has 164 valence electrons. The first-order valence-electron chi connectivity index (χ1n) is 10.2. The van der Waals surface area contributed by atoms with Crippen LogP contribution in [0.5, 0.6) is 5.75 Å². The van der Waals surface area contributed by atoms with Crippen molar-refractivity contribution in [2.75, 3.05) is 6.61 Å². The van der Waals surface area contributed by atoms with Gasteiger partial charge in [0, 0.05) is 17.5 Å². The normalized spacial score (nSPS) is 21.6. The number of hydrogen-bond acceptors (Lipinski definition) is 5. The van der Waals surface area contributed by atoms with Gasteiger partial charge in [-0.1, -0.05) is 19.1 Å². The quantitative estimate of drug-likeness (QED) is 0.555. The van der Waals surface area contributed by atoms with Gasteiger partial charge in [-0.2, -0.15) is 0 Å². The van der Waals surface area contributed by atoms with Crippen LogP contribution in [0.15, 0.2) is 30.5 Å². The van der Waals surface area contributed by atoms with Gasteiger partial charge in [-0.15, -0.1) is 0 Å². The number of benzene rings is 1. The van der Waals surface area contributed by atoms with E-state index in [9.17, 15) is 19.1 Å². The van der Waals surface area contributed by atoms with E-state index < -0.39 is 35.5 Å². The SMILES string of the molecule is CC[C@@H]1[C@H](F)C(=O)N[C@@H]1COc1cccc2cc(C(N)=O)c3nc(C(C)(C)O)cn3c12. The maximum absolute atomic E-state index is 14.1. The number of nitrogens with two attached hydrogens (primary N) is 1. The Kier molecular flexibility index (Phi) is 5.09. The van der Waals surface area contributed by atoms with Crippen LogP contribution >= 0.6 is 0 Å². The molecule has 3 atom stereocenters. The van der Waals surface area contributed by atoms with Crippen LogP contribution in [0.4, 0.5) is 4.39 Å². The molecule has 1 fully saturated rings. The van der Waals surface area contributed by atoms with Crippen LogP contribution in [0.1, 0.15) is 43.2 Å². The minimum absolute atomic E-state index is 0.0931. The minimum atomic E-state index is -1.54. The predicted molar refractivity (Wildman–Crippen MR) is 113 cm³/mol. The molecule has 2 amide bonds. The van der Waals surface area contributed by atoms with Gasteiger partial charge in [0.15, 0.2) is 11.8 Å². The van der Waals surface area contributed by atoms with Crippen LogP contribution in [-0.4, -0.2) is 45.1 Å². The first kappa shape index (κ1) is 21.0. The van der Waals surface area contributed by atoms with Crippen molar-refractivity contribution < 1.29 is 23.8 Å². The maximum Gasteiger partial charge on any atom is 0.255 e. The van der Waals surface area contributed by atoms with Gasteiger partial charge in [0.05, 0.1) is 22.8 Å². The number of nitrogens with zero attached hydrogens (tertiary/aromatic N) is 2. The summed E-state index contributed by atoms with van der Waals surface area (Å²) in [6.07, 6.45) is 0.603. The Morgan fingerprint density at radius 3 is 2.81 bits per heavy atom. The molecular weight excluding hydrogens is 403 g/mol. The fourth-order valence-electron chi connectivity index (χ4n) is 4.07. The number of carbonyl (C=O) groups excluding carboxylic acids is 2. The van der Waals surface area contributed by atoms with Crippen molar-refractivity contribution >= 4 is 28.4 Å². The van der Waals surface area contributed by atoms with Crippen molar-refractivity contribution in [3.63, 3.8) is 0 Å². The van der Waals surface area contributed by atoms with Crippen molar-refractivity contribution in [1.82, 2.24) is 14.7 Å². The van der Waals surface area contributed by atoms with Crippen molar-refractivity contribution in [2.24, 2.45) is 11.7 Å². The highest BCUT2D eigenvalue weighted by Gasteiger charge is 2.41. The fraction of sp³-hybridized carbons (Fsp3) is 0.409. The summed E-state index contributed by atoms with van der Waals surface area (Å²) in [5.41, 5.74) is 5.84. The molecule has 0 spiro atoms. The van der Waals surface area contributed by atoms with Crippen LogP contribution in [0, 0.1) is 5.92 Å². The number of halogens is 1. The van der Waals surface area contributed by atoms with E-state index in [0.717, 1.165) is 0 Å². The summed E-state index contributed by atoms with van der Waals surface area (Å²) >= 11 is 0. The third kappa shape index (κ3) is 3.59. The summed E-state index contributed by atoms with van der Waals surface area (Å²) in [5, 5.41) is 13.8. The van der Waals surface area contributed by atoms with Crippen LogP contribution in [-0.2, 0) is 10.4 Å². The molecule has 31 heavy (non-hydrogen) atoms. The molecule has 1 saturated heterocycles. The first-order chi connectivity index (χ1) is 14.6. The number of primary amides is 1. The molecule has 1 aliphatic heterocycles. The number of aromatic nitrogens is 2. The first-order valence-corrected chi connectivity index (χ1v) is 10.2. The third-order valence-corrected chi connectivity index (χ3v) is 5.77. The number of carbonyl (C=O) groups is 2. The zero-order valence-electron chi connectivity index (χ0n) is 17.6. The van der Waals surface area contributed by atoms with Gasteiger partial charge in [0.1, 0.15) is 18.0 Å². The number of alkyl halides is 1. The van der Waals surface area contributed by atoms with Gasteiger partial charge >= 0.3 is 0 Å². The molecule has 8 nitrogen and oxygen atoms in total. The summed E-state index contributed by atoms with van der Waals surface area (Å²) in [4.78, 5) is 28.2. The van der Waals surface area contributed by atoms with E-state index in [1.807, 2.05) is 13.0 Å². The molecule has 2 aromatic heterocycles. The average molecular weight is 428 g/mol. The fourth-order valence-corrected chi connectivity index (χ4v) is 4.07. The number of hydrogen-bond donors (Lipinski definition) is 3. The Morgan fingerprint density at radius 1 is 1.42 bits per heavy atom. The molecule has 0 aliphatic carbocycles. The minimum Gasteiger partial charge on any atom is -0.489 e. The zero-order valence-corrected chi connectivity index (χ0v) is 17.6. The summed E-state index contributed by atoms with van der Waals surface area (Å²) in [6.45, 7) is 5.12. The van der Waals surface area contributed by atoms with Crippen molar-refractivity contribution in [3.8, 4) is 5.75 Å². The van der Waals surface area contributed by atoms with Crippen molar-refractivity contribution in [3.05, 3.63) is 41.7 Å². The molecule has 0 unspecified atom stereocenters. The van der Waals surface area contributed by atoms with Crippen molar-refractivity contribution in [1.29, 1.82) is 0 Å². The van der Waals surface area contributed by atoms with Gasteiger partial charge in [-0.05, 0) is 32.4 Å². The molecule has 0 radical (unpaired) electrons. The summed E-state index contributed by atoms with van der Waals surface area (Å²) in [7, 11) is 0. The van der Waals surface area contributed by atoms with Gasteiger partial charge in [-0.3, -0.25) is 14.0 Å². The molecular formula is C22H25FN4O4. The number of amides is 2. The number of imidazole rings is 1. The average Bonchev–Trinajstić information content (AvgIpc) is 3.27. The molecule has 4 N–H and O–H groups in total. The molecule has 3 aromatic rings. The highest BCUT2D eigenvalue weighted by molar-refractivity contribution is 6.03. The van der Waals surface area contributed by atoms with Crippen LogP contribution in [0.2, 0.25) is 0 Å². The van der Waals surface area contributed by atoms with E-state index in [0.29, 0.717) is 34.4 Å². The smallest absolute Gasteiger partial charge is 0.255 e. The molecule has 0 saturated carbocycles. The number of aliphatic hydroxyl groups is 1. The number of fused-ring (bicyclic) bond motifs is 3. The van der Waals surface area contributed by atoms with E-state index in [4.69, 9.17) is 10.5 Å². The standard InChI is InChI=1S/C22H25FN4O4/c1-4-12-14(25-21(29)17(12)23)10-31-15-7-5-6-11-8-13(19(24)28)20-26-16(22(2,3)30)9-27(20)18(11)15/h5-9,12,14,17,30H,4,10H2,1-3H3,(H2,24,28)(H,25,29)/t12-,14+,17-/m0/s1. The van der Waals surface area contributed by atoms with Crippen molar-refractivity contribution in [2.45, 2.75) is 45.0 Å². The lowest BCUT2D eigenvalue weighted by molar-refractivity contribution is -0.123. The Morgan fingerprint density at radius 2 is 2.16 bits per heavy atom. The molecule has 1 aliphatic rings. The number of rotatable bonds is 6. The summed E-state index contributed by atoms with van der Waals surface area (Å²) < 4.78 is 21.8. The lowest BCUT2D eigenvalue weighted by Crippen LogP contribution is -2.34. The largest absolute Gasteiger partial charge is 0.489 e. The number of ether oxygens (including phenoxy) is 1. The third-order valence-electron chi connectivity index (χ3n) is 5.77. The Bertz CT molecular complexity index is 1180. The van der Waals surface area contributed by atoms with E-state index in [1.165, 1.54) is 0 Å². The zero-order chi connectivity index (χ0) is 22.5. The number of nitrogens with one attached hydrogen (secondary N) is 1.